The van der Waals surface area contributed by atoms with E-state index in [0.717, 1.165) is 5.92 Å². The van der Waals surface area contributed by atoms with Crippen LogP contribution in [0.25, 0.3) is 0 Å². The van der Waals surface area contributed by atoms with Crippen molar-refractivity contribution in [2.24, 2.45) is 5.92 Å². The molecule has 0 aromatic rings. The van der Waals surface area contributed by atoms with Gasteiger partial charge in [0.15, 0.2) is 0 Å². The van der Waals surface area contributed by atoms with E-state index >= 15 is 0 Å². The van der Waals surface area contributed by atoms with Gasteiger partial charge in [-0.2, -0.15) is 12.6 Å². The van der Waals surface area contributed by atoms with E-state index in [1.807, 2.05) is 0 Å². The molecule has 0 bridgehead atoms. The standard InChI is InChI=1S/C14H30S/c1-13(2)11-9-7-5-4-6-8-10-12-14(3)15/h13-15H,4-12H2,1-3H3. The van der Waals surface area contributed by atoms with Crippen LogP contribution in [0, 0.1) is 5.92 Å². The average Bonchev–Trinajstić information content (AvgIpc) is 2.14. The van der Waals surface area contributed by atoms with E-state index < -0.39 is 0 Å². The van der Waals surface area contributed by atoms with Crippen LogP contribution >= 0.6 is 12.6 Å². The van der Waals surface area contributed by atoms with Crippen molar-refractivity contribution in [3.05, 3.63) is 0 Å². The zero-order valence-electron chi connectivity index (χ0n) is 11.0. The monoisotopic (exact) mass is 230 g/mol. The molecule has 0 radical (unpaired) electrons. The van der Waals surface area contributed by atoms with E-state index in [-0.39, 0.29) is 0 Å². The SMILES string of the molecule is CC(C)CCCCCCCCCC(C)S. The Balaban J connectivity index is 2.93. The van der Waals surface area contributed by atoms with Gasteiger partial charge in [0.25, 0.3) is 0 Å². The molecule has 1 heteroatoms. The summed E-state index contributed by atoms with van der Waals surface area (Å²) >= 11 is 4.39. The predicted molar refractivity (Wildman–Crippen MR) is 74.8 cm³/mol. The summed E-state index contributed by atoms with van der Waals surface area (Å²) in [6.07, 6.45) is 12.7. The first kappa shape index (κ1) is 15.3. The number of hydrogen-bond donors (Lipinski definition) is 1. The van der Waals surface area contributed by atoms with Gasteiger partial charge in [-0.05, 0) is 17.6 Å². The van der Waals surface area contributed by atoms with Crippen LogP contribution in [0.5, 0.6) is 0 Å². The van der Waals surface area contributed by atoms with E-state index in [9.17, 15) is 0 Å². The van der Waals surface area contributed by atoms with Crippen LogP contribution in [0.4, 0.5) is 0 Å². The Morgan fingerprint density at radius 1 is 0.667 bits per heavy atom. The Hall–Kier alpha value is 0.350. The third-order valence-electron chi connectivity index (χ3n) is 2.90. The second-order valence-electron chi connectivity index (χ2n) is 5.30. The number of thiol groups is 1. The normalized spacial score (nSPS) is 13.4. The first-order valence-corrected chi connectivity index (χ1v) is 7.32. The third-order valence-corrected chi connectivity index (χ3v) is 3.16. The van der Waals surface area contributed by atoms with Crippen molar-refractivity contribution in [3.63, 3.8) is 0 Å². The minimum Gasteiger partial charge on any atom is -0.176 e. The Kier molecular flexibility index (Phi) is 11.1. The second kappa shape index (κ2) is 10.9. The van der Waals surface area contributed by atoms with Crippen LogP contribution in [0.2, 0.25) is 0 Å². The summed E-state index contributed by atoms with van der Waals surface area (Å²) < 4.78 is 0. The Bertz CT molecular complexity index is 105. The van der Waals surface area contributed by atoms with Gasteiger partial charge >= 0.3 is 0 Å². The van der Waals surface area contributed by atoms with Crippen LogP contribution in [0.15, 0.2) is 0 Å². The summed E-state index contributed by atoms with van der Waals surface area (Å²) in [5.74, 6) is 0.891. The smallest absolute Gasteiger partial charge is 0.00116 e. The number of unbranched alkanes of at least 4 members (excludes halogenated alkanes) is 6. The number of rotatable bonds is 10. The lowest BCUT2D eigenvalue weighted by atomic mass is 10.0. The van der Waals surface area contributed by atoms with Gasteiger partial charge in [0, 0.05) is 0 Å². The molecule has 0 aliphatic rings. The highest BCUT2D eigenvalue weighted by Gasteiger charge is 1.96. The third kappa shape index (κ3) is 14.4. The maximum atomic E-state index is 4.39. The van der Waals surface area contributed by atoms with Gasteiger partial charge in [0.2, 0.25) is 0 Å². The Morgan fingerprint density at radius 3 is 1.47 bits per heavy atom. The number of hydrogen-bond acceptors (Lipinski definition) is 1. The van der Waals surface area contributed by atoms with Crippen molar-refractivity contribution in [2.45, 2.75) is 83.8 Å². The maximum Gasteiger partial charge on any atom is -0.00116 e. The van der Waals surface area contributed by atoms with Crippen molar-refractivity contribution < 1.29 is 0 Å². The largest absolute Gasteiger partial charge is 0.176 e. The first-order valence-electron chi connectivity index (χ1n) is 6.81. The molecule has 1 unspecified atom stereocenters. The molecule has 0 nitrogen and oxygen atoms in total. The quantitative estimate of drug-likeness (QED) is 0.373. The van der Waals surface area contributed by atoms with E-state index in [4.69, 9.17) is 0 Å². The van der Waals surface area contributed by atoms with Gasteiger partial charge in [-0.15, -0.1) is 0 Å². The molecule has 0 saturated heterocycles. The molecule has 0 rings (SSSR count). The summed E-state index contributed by atoms with van der Waals surface area (Å²) in [5, 5.41) is 0.594. The molecule has 0 saturated carbocycles. The maximum absolute atomic E-state index is 4.39. The Labute approximate surface area is 103 Å². The first-order chi connectivity index (χ1) is 7.13. The van der Waals surface area contributed by atoms with Crippen LogP contribution in [0.3, 0.4) is 0 Å². The van der Waals surface area contributed by atoms with Gasteiger partial charge in [-0.3, -0.25) is 0 Å². The fourth-order valence-electron chi connectivity index (χ4n) is 1.88. The lowest BCUT2D eigenvalue weighted by molar-refractivity contribution is 0.507. The van der Waals surface area contributed by atoms with Gasteiger partial charge < -0.3 is 0 Å². The minimum absolute atomic E-state index is 0.594. The van der Waals surface area contributed by atoms with E-state index in [2.05, 4.69) is 33.4 Å². The molecule has 0 heterocycles. The van der Waals surface area contributed by atoms with Crippen molar-refractivity contribution in [1.29, 1.82) is 0 Å². The van der Waals surface area contributed by atoms with Crippen molar-refractivity contribution in [1.82, 2.24) is 0 Å². The fraction of sp³-hybridized carbons (Fsp3) is 1.00. The summed E-state index contributed by atoms with van der Waals surface area (Å²) in [7, 11) is 0. The molecular weight excluding hydrogens is 200 g/mol. The average molecular weight is 230 g/mol. The van der Waals surface area contributed by atoms with Crippen LogP contribution in [-0.4, -0.2) is 5.25 Å². The molecule has 0 N–H and O–H groups in total. The van der Waals surface area contributed by atoms with Gasteiger partial charge in [0.05, 0.1) is 0 Å². The van der Waals surface area contributed by atoms with E-state index in [0.29, 0.717) is 5.25 Å². The summed E-state index contributed by atoms with van der Waals surface area (Å²) in [5.41, 5.74) is 0. The fourth-order valence-corrected chi connectivity index (χ4v) is 2.06. The van der Waals surface area contributed by atoms with Gasteiger partial charge in [-0.1, -0.05) is 72.1 Å². The molecule has 92 valence electrons. The molecule has 0 aliphatic carbocycles. The highest BCUT2D eigenvalue weighted by molar-refractivity contribution is 7.80. The summed E-state index contributed by atoms with van der Waals surface area (Å²) in [6.45, 7) is 6.83. The second-order valence-corrected chi connectivity index (χ2v) is 6.18. The van der Waals surface area contributed by atoms with Crippen molar-refractivity contribution in [2.75, 3.05) is 0 Å². The lowest BCUT2D eigenvalue weighted by Crippen LogP contribution is -1.90. The van der Waals surface area contributed by atoms with Crippen LogP contribution in [-0.2, 0) is 0 Å². The zero-order valence-corrected chi connectivity index (χ0v) is 11.9. The molecule has 0 fully saturated rings. The molecular formula is C14H30S. The van der Waals surface area contributed by atoms with E-state index in [1.165, 1.54) is 57.8 Å². The van der Waals surface area contributed by atoms with E-state index in [1.54, 1.807) is 0 Å². The zero-order chi connectivity index (χ0) is 11.5. The highest BCUT2D eigenvalue weighted by Crippen LogP contribution is 2.13. The molecule has 0 amide bonds. The molecule has 0 aromatic heterocycles. The lowest BCUT2D eigenvalue weighted by Gasteiger charge is -2.05. The predicted octanol–water partition coefficient (Wildman–Crippen LogP) is 5.47. The molecule has 0 aromatic carbocycles. The van der Waals surface area contributed by atoms with Gasteiger partial charge in [-0.25, -0.2) is 0 Å². The molecule has 0 spiro atoms. The van der Waals surface area contributed by atoms with Crippen molar-refractivity contribution >= 4 is 12.6 Å². The van der Waals surface area contributed by atoms with Crippen molar-refractivity contribution in [3.8, 4) is 0 Å². The molecule has 15 heavy (non-hydrogen) atoms. The van der Waals surface area contributed by atoms with Crippen LogP contribution < -0.4 is 0 Å². The topological polar surface area (TPSA) is 0 Å². The molecule has 1 atom stereocenters. The van der Waals surface area contributed by atoms with Crippen LogP contribution in [0.1, 0.15) is 78.6 Å². The highest BCUT2D eigenvalue weighted by atomic mass is 32.1. The summed E-state index contributed by atoms with van der Waals surface area (Å²) in [4.78, 5) is 0. The summed E-state index contributed by atoms with van der Waals surface area (Å²) in [6, 6.07) is 0. The van der Waals surface area contributed by atoms with Gasteiger partial charge in [0.1, 0.15) is 0 Å². The minimum atomic E-state index is 0.594. The Morgan fingerprint density at radius 2 is 1.07 bits per heavy atom. The molecule has 0 aliphatic heterocycles.